The van der Waals surface area contributed by atoms with E-state index in [-0.39, 0.29) is 5.91 Å². The summed E-state index contributed by atoms with van der Waals surface area (Å²) in [6.45, 7) is 4.35. The molecular formula is C23H23N7O. The lowest BCUT2D eigenvalue weighted by Crippen LogP contribution is -2.36. The first-order valence-electron chi connectivity index (χ1n) is 10.3. The minimum Gasteiger partial charge on any atom is -0.292 e. The average Bonchev–Trinajstić information content (AvgIpc) is 3.31. The number of fused-ring (bicyclic) bond motifs is 1. The Morgan fingerprint density at radius 1 is 0.968 bits per heavy atom. The molecular weight excluding hydrogens is 390 g/mol. The summed E-state index contributed by atoms with van der Waals surface area (Å²) in [5.41, 5.74) is 14.7. The summed E-state index contributed by atoms with van der Waals surface area (Å²) in [4.78, 5) is 23.5. The quantitative estimate of drug-likeness (QED) is 0.609. The molecule has 5 rings (SSSR count). The Balaban J connectivity index is 1.43. The van der Waals surface area contributed by atoms with Crippen molar-refractivity contribution in [3.05, 3.63) is 76.7 Å². The molecule has 2 aliphatic rings. The standard InChI is InChI=1S/C23H23N7O/c1-14-18-11-12-21(31)30(23(18)25-15(2)24-14)13-16-7-9-17(10-8-16)19-5-3-4-6-20(19)22-26-28-29-27-22/h3-10,28-29H,11-13H2,1-2H3,(H,26,27). The Bertz CT molecular complexity index is 1190. The highest BCUT2D eigenvalue weighted by atomic mass is 16.2. The molecule has 1 aromatic heterocycles. The molecule has 8 heteroatoms. The summed E-state index contributed by atoms with van der Waals surface area (Å²) >= 11 is 0. The van der Waals surface area contributed by atoms with E-state index < -0.39 is 0 Å². The first kappa shape index (κ1) is 19.2. The number of carbonyl (C=O) groups is 1. The van der Waals surface area contributed by atoms with E-state index in [1.165, 1.54) is 0 Å². The number of hydrogen-bond donors (Lipinski definition) is 3. The lowest BCUT2D eigenvalue weighted by atomic mass is 9.97. The minimum atomic E-state index is 0.102. The number of hydrazine groups is 2. The molecule has 0 aliphatic carbocycles. The Hall–Kier alpha value is -3.78. The molecule has 0 saturated heterocycles. The fraction of sp³-hybridized carbons (Fsp3) is 0.217. The highest BCUT2D eigenvalue weighted by Gasteiger charge is 2.27. The number of benzene rings is 2. The molecule has 0 unspecified atom stereocenters. The topological polar surface area (TPSA) is 94.5 Å². The summed E-state index contributed by atoms with van der Waals surface area (Å²) in [5.74, 6) is 2.28. The molecule has 0 radical (unpaired) electrons. The maximum atomic E-state index is 12.7. The number of anilines is 1. The molecule has 2 aromatic carbocycles. The summed E-state index contributed by atoms with van der Waals surface area (Å²) in [6, 6.07) is 16.4. The van der Waals surface area contributed by atoms with Gasteiger partial charge in [-0.25, -0.2) is 15.5 Å². The van der Waals surface area contributed by atoms with Crippen molar-refractivity contribution in [1.82, 2.24) is 26.5 Å². The first-order valence-corrected chi connectivity index (χ1v) is 10.3. The minimum absolute atomic E-state index is 0.102. The molecule has 8 nitrogen and oxygen atoms in total. The molecule has 31 heavy (non-hydrogen) atoms. The number of nitrogens with zero attached hydrogens (tertiary/aromatic N) is 4. The molecule has 0 fully saturated rings. The van der Waals surface area contributed by atoms with E-state index in [0.29, 0.717) is 25.2 Å². The summed E-state index contributed by atoms with van der Waals surface area (Å²) in [5, 5.41) is 4.22. The van der Waals surface area contributed by atoms with Gasteiger partial charge in [0.15, 0.2) is 5.84 Å². The zero-order chi connectivity index (χ0) is 21.4. The largest absolute Gasteiger partial charge is 0.292 e. The number of aryl methyl sites for hydroxylation is 2. The molecule has 0 spiro atoms. The van der Waals surface area contributed by atoms with Crippen LogP contribution < -0.4 is 21.4 Å². The number of hydrazone groups is 1. The fourth-order valence-electron chi connectivity index (χ4n) is 4.12. The number of nitrogens with one attached hydrogen (secondary N) is 3. The van der Waals surface area contributed by atoms with E-state index in [1.807, 2.05) is 32.0 Å². The van der Waals surface area contributed by atoms with E-state index in [2.05, 4.69) is 61.9 Å². The Morgan fingerprint density at radius 2 is 1.74 bits per heavy atom. The third kappa shape index (κ3) is 3.62. The van der Waals surface area contributed by atoms with Crippen LogP contribution in [0.2, 0.25) is 0 Å². The lowest BCUT2D eigenvalue weighted by Gasteiger charge is -2.29. The highest BCUT2D eigenvalue weighted by Crippen LogP contribution is 2.30. The molecule has 3 heterocycles. The second-order valence-electron chi connectivity index (χ2n) is 7.70. The number of hydrogen-bond acceptors (Lipinski definition) is 7. The second kappa shape index (κ2) is 7.81. The molecule has 156 valence electrons. The highest BCUT2D eigenvalue weighted by molar-refractivity contribution is 6.04. The van der Waals surface area contributed by atoms with Crippen LogP contribution in [0.5, 0.6) is 0 Å². The number of aromatic nitrogens is 2. The van der Waals surface area contributed by atoms with Gasteiger partial charge in [0.2, 0.25) is 5.91 Å². The van der Waals surface area contributed by atoms with Crippen LogP contribution >= 0.6 is 0 Å². The predicted octanol–water partition coefficient (Wildman–Crippen LogP) is 2.51. The van der Waals surface area contributed by atoms with E-state index in [4.69, 9.17) is 0 Å². The smallest absolute Gasteiger partial charge is 0.228 e. The van der Waals surface area contributed by atoms with Crippen LogP contribution in [0.25, 0.3) is 11.1 Å². The molecule has 0 saturated carbocycles. The predicted molar refractivity (Wildman–Crippen MR) is 119 cm³/mol. The van der Waals surface area contributed by atoms with E-state index in [0.717, 1.165) is 45.2 Å². The third-order valence-corrected chi connectivity index (χ3v) is 5.64. The Morgan fingerprint density at radius 3 is 2.48 bits per heavy atom. The molecule has 2 aliphatic heterocycles. The molecule has 3 aromatic rings. The van der Waals surface area contributed by atoms with E-state index in [9.17, 15) is 4.79 Å². The van der Waals surface area contributed by atoms with Crippen molar-refractivity contribution in [2.45, 2.75) is 33.2 Å². The zero-order valence-corrected chi connectivity index (χ0v) is 17.4. The van der Waals surface area contributed by atoms with Crippen molar-refractivity contribution < 1.29 is 4.79 Å². The van der Waals surface area contributed by atoms with Gasteiger partial charge in [0.1, 0.15) is 11.6 Å². The number of amides is 1. The van der Waals surface area contributed by atoms with Gasteiger partial charge < -0.3 is 0 Å². The number of rotatable bonds is 4. The van der Waals surface area contributed by atoms with Crippen LogP contribution in [0, 0.1) is 13.8 Å². The zero-order valence-electron chi connectivity index (χ0n) is 17.4. The molecule has 3 N–H and O–H groups in total. The van der Waals surface area contributed by atoms with Gasteiger partial charge in [-0.15, -0.1) is 10.6 Å². The summed E-state index contributed by atoms with van der Waals surface area (Å²) in [7, 11) is 0. The van der Waals surface area contributed by atoms with Crippen molar-refractivity contribution in [3.63, 3.8) is 0 Å². The van der Waals surface area contributed by atoms with Gasteiger partial charge in [0.05, 0.1) is 6.54 Å². The van der Waals surface area contributed by atoms with Crippen LogP contribution in [0.3, 0.4) is 0 Å². The van der Waals surface area contributed by atoms with Gasteiger partial charge in [-0.3, -0.25) is 15.1 Å². The SMILES string of the molecule is Cc1nc(C)c2c(n1)N(Cc1ccc(-c3ccccc3C3=NNNN3)cc1)C(=O)CC2. The van der Waals surface area contributed by atoms with Crippen molar-refractivity contribution in [1.29, 1.82) is 0 Å². The van der Waals surface area contributed by atoms with Gasteiger partial charge in [-0.2, -0.15) is 0 Å². The Kier molecular flexibility index (Phi) is 4.83. The molecule has 1 amide bonds. The van der Waals surface area contributed by atoms with Crippen LogP contribution in [0.15, 0.2) is 53.6 Å². The second-order valence-corrected chi connectivity index (χ2v) is 7.70. The monoisotopic (exact) mass is 413 g/mol. The van der Waals surface area contributed by atoms with E-state index >= 15 is 0 Å². The van der Waals surface area contributed by atoms with Gasteiger partial charge in [0, 0.05) is 23.2 Å². The summed E-state index contributed by atoms with van der Waals surface area (Å²) in [6.07, 6.45) is 1.19. The average molecular weight is 413 g/mol. The first-order chi connectivity index (χ1) is 15.1. The van der Waals surface area contributed by atoms with Crippen molar-refractivity contribution in [3.8, 4) is 11.1 Å². The van der Waals surface area contributed by atoms with Gasteiger partial charge in [0.25, 0.3) is 0 Å². The van der Waals surface area contributed by atoms with Gasteiger partial charge in [-0.05, 0) is 37.0 Å². The molecule has 0 atom stereocenters. The maximum Gasteiger partial charge on any atom is 0.228 e. The Labute approximate surface area is 180 Å². The lowest BCUT2D eigenvalue weighted by molar-refractivity contribution is -0.119. The van der Waals surface area contributed by atoms with Crippen LogP contribution in [-0.2, 0) is 17.8 Å². The van der Waals surface area contributed by atoms with Crippen molar-refractivity contribution >= 4 is 17.6 Å². The van der Waals surface area contributed by atoms with Crippen LogP contribution in [0.1, 0.15) is 34.6 Å². The normalized spacial score (nSPS) is 15.2. The fourth-order valence-corrected chi connectivity index (χ4v) is 4.12. The van der Waals surface area contributed by atoms with Crippen molar-refractivity contribution in [2.24, 2.45) is 5.10 Å². The molecule has 0 bridgehead atoms. The third-order valence-electron chi connectivity index (χ3n) is 5.64. The number of carbonyl (C=O) groups excluding carboxylic acids is 1. The van der Waals surface area contributed by atoms with Crippen LogP contribution in [0.4, 0.5) is 5.82 Å². The maximum absolute atomic E-state index is 12.7. The van der Waals surface area contributed by atoms with Gasteiger partial charge >= 0.3 is 0 Å². The van der Waals surface area contributed by atoms with Crippen LogP contribution in [-0.4, -0.2) is 21.7 Å². The summed E-state index contributed by atoms with van der Waals surface area (Å²) < 4.78 is 0. The van der Waals surface area contributed by atoms with Gasteiger partial charge in [-0.1, -0.05) is 48.5 Å². The number of amidine groups is 1. The van der Waals surface area contributed by atoms with Crippen molar-refractivity contribution in [2.75, 3.05) is 4.90 Å². The van der Waals surface area contributed by atoms with E-state index in [1.54, 1.807) is 4.90 Å².